The van der Waals surface area contributed by atoms with E-state index in [0.29, 0.717) is 41.3 Å². The molecule has 1 amide bonds. The predicted molar refractivity (Wildman–Crippen MR) is 130 cm³/mol. The Morgan fingerprint density at radius 3 is 2.74 bits per heavy atom. The van der Waals surface area contributed by atoms with E-state index in [1.807, 2.05) is 13.8 Å². The maximum absolute atomic E-state index is 14.6. The number of amides is 1. The van der Waals surface area contributed by atoms with E-state index in [4.69, 9.17) is 0 Å². The fourth-order valence-corrected chi connectivity index (χ4v) is 7.19. The second kappa shape index (κ2) is 8.94. The minimum Gasteiger partial charge on any atom is -0.371 e. The molecule has 0 saturated heterocycles. The summed E-state index contributed by atoms with van der Waals surface area (Å²) in [6.45, 7) is 4.23. The SMILES string of the molecule is CC(C)N1CNC2=C(C1=O)C(Cc1csc(-c3ccccc3F)n1)C(NS(=O)(=O)C1(F)CC1)CC2. The topological polar surface area (TPSA) is 91.4 Å². The Kier molecular flexibility index (Phi) is 6.21. The number of aromatic nitrogens is 1. The molecular formula is C24H28F2N4O3S2. The number of thiazole rings is 1. The molecule has 7 nitrogen and oxygen atoms in total. The van der Waals surface area contributed by atoms with Crippen molar-refractivity contribution in [1.29, 1.82) is 0 Å². The molecule has 0 radical (unpaired) electrons. The van der Waals surface area contributed by atoms with Gasteiger partial charge in [0.1, 0.15) is 10.8 Å². The highest BCUT2D eigenvalue weighted by Gasteiger charge is 2.57. The third-order valence-electron chi connectivity index (χ3n) is 6.98. The first kappa shape index (κ1) is 24.3. The van der Waals surface area contributed by atoms with Gasteiger partial charge >= 0.3 is 0 Å². The average molecular weight is 523 g/mol. The van der Waals surface area contributed by atoms with Crippen LogP contribution in [0.25, 0.3) is 10.6 Å². The molecule has 2 aliphatic carbocycles. The largest absolute Gasteiger partial charge is 0.371 e. The number of rotatable bonds is 7. The summed E-state index contributed by atoms with van der Waals surface area (Å²) in [7, 11) is -4.19. The van der Waals surface area contributed by atoms with Gasteiger partial charge in [0.2, 0.25) is 15.0 Å². The third-order valence-corrected chi connectivity index (χ3v) is 9.89. The monoisotopic (exact) mass is 522 g/mol. The smallest absolute Gasteiger partial charge is 0.253 e. The molecule has 11 heteroatoms. The molecule has 3 aliphatic rings. The number of halogens is 2. The summed E-state index contributed by atoms with van der Waals surface area (Å²) in [6.07, 6.45) is 1.16. The maximum atomic E-state index is 14.6. The van der Waals surface area contributed by atoms with Crippen molar-refractivity contribution in [1.82, 2.24) is 19.9 Å². The second-order valence-electron chi connectivity index (χ2n) is 9.68. The van der Waals surface area contributed by atoms with E-state index in [0.717, 1.165) is 5.70 Å². The first-order valence-corrected chi connectivity index (χ1v) is 14.1. The molecule has 2 atom stereocenters. The number of nitrogens with one attached hydrogen (secondary N) is 2. The summed E-state index contributed by atoms with van der Waals surface area (Å²) in [5, 5.41) is 3.41. The molecule has 2 unspecified atom stereocenters. The zero-order valence-corrected chi connectivity index (χ0v) is 21.2. The van der Waals surface area contributed by atoms with Crippen LogP contribution in [-0.2, 0) is 21.2 Å². The van der Waals surface area contributed by atoms with Crippen molar-refractivity contribution < 1.29 is 22.0 Å². The number of nitrogens with zero attached hydrogens (tertiary/aromatic N) is 2. The van der Waals surface area contributed by atoms with Crippen molar-refractivity contribution in [3.05, 3.63) is 52.4 Å². The summed E-state index contributed by atoms with van der Waals surface area (Å²) in [5.74, 6) is -1.06. The Morgan fingerprint density at radius 2 is 2.06 bits per heavy atom. The lowest BCUT2D eigenvalue weighted by Crippen LogP contribution is -2.55. The Hall–Kier alpha value is -2.37. The van der Waals surface area contributed by atoms with Gasteiger partial charge in [0.05, 0.1) is 12.4 Å². The van der Waals surface area contributed by atoms with Crippen LogP contribution in [0.1, 0.15) is 45.2 Å². The van der Waals surface area contributed by atoms with E-state index in [2.05, 4.69) is 15.0 Å². The van der Waals surface area contributed by atoms with Crippen molar-refractivity contribution in [2.75, 3.05) is 6.67 Å². The maximum Gasteiger partial charge on any atom is 0.253 e. The zero-order valence-electron chi connectivity index (χ0n) is 19.6. The van der Waals surface area contributed by atoms with Crippen LogP contribution in [0.5, 0.6) is 0 Å². The van der Waals surface area contributed by atoms with Gasteiger partial charge in [-0.05, 0) is 45.2 Å². The third kappa shape index (κ3) is 4.49. The van der Waals surface area contributed by atoms with E-state index >= 15 is 0 Å². The van der Waals surface area contributed by atoms with Gasteiger partial charge in [-0.3, -0.25) is 4.79 Å². The molecular weight excluding hydrogens is 494 g/mol. The minimum atomic E-state index is -4.19. The quantitative estimate of drug-likeness (QED) is 0.579. The minimum absolute atomic E-state index is 0.0205. The molecule has 2 aromatic rings. The Labute approximate surface area is 207 Å². The van der Waals surface area contributed by atoms with Crippen LogP contribution in [0, 0.1) is 11.7 Å². The summed E-state index contributed by atoms with van der Waals surface area (Å²) < 4.78 is 57.0. The van der Waals surface area contributed by atoms with Gasteiger partial charge in [0, 0.05) is 53.1 Å². The normalized spacial score (nSPS) is 23.9. The van der Waals surface area contributed by atoms with Gasteiger partial charge in [-0.15, -0.1) is 11.3 Å². The highest BCUT2D eigenvalue weighted by Crippen LogP contribution is 2.45. The fourth-order valence-electron chi connectivity index (χ4n) is 4.80. The van der Waals surface area contributed by atoms with E-state index in [-0.39, 0.29) is 37.0 Å². The van der Waals surface area contributed by atoms with E-state index in [1.165, 1.54) is 17.4 Å². The van der Waals surface area contributed by atoms with Crippen molar-refractivity contribution >= 4 is 27.3 Å². The Morgan fingerprint density at radius 1 is 1.31 bits per heavy atom. The summed E-state index contributed by atoms with van der Waals surface area (Å²) in [5.41, 5.74) is 2.34. The van der Waals surface area contributed by atoms with Crippen LogP contribution in [0.15, 0.2) is 40.9 Å². The van der Waals surface area contributed by atoms with Gasteiger partial charge < -0.3 is 10.2 Å². The number of carbonyl (C=O) groups excluding carboxylic acids is 1. The predicted octanol–water partition coefficient (Wildman–Crippen LogP) is 3.70. The lowest BCUT2D eigenvalue weighted by molar-refractivity contribution is -0.131. The van der Waals surface area contributed by atoms with Gasteiger partial charge in [-0.25, -0.2) is 26.9 Å². The van der Waals surface area contributed by atoms with Crippen LogP contribution in [0.3, 0.4) is 0 Å². The summed E-state index contributed by atoms with van der Waals surface area (Å²) in [6, 6.07) is 5.68. The van der Waals surface area contributed by atoms with Crippen LogP contribution in [-0.4, -0.2) is 48.0 Å². The standard InChI is InChI=1S/C24H28F2N4O3S2/c1-14(2)30-13-27-20-8-7-19(29-35(32,33)24(26)9-10-24)17(21(20)23(30)31)11-15-12-34-22(28-15)16-5-3-4-6-18(16)25/h3-6,12,14,17,19,27,29H,7-11,13H2,1-2H3. The number of carbonyl (C=O) groups is 1. The van der Waals surface area contributed by atoms with Crippen molar-refractivity contribution in [3.63, 3.8) is 0 Å². The van der Waals surface area contributed by atoms with Gasteiger partial charge in [0.15, 0.2) is 0 Å². The number of benzene rings is 1. The zero-order chi connectivity index (χ0) is 25.0. The summed E-state index contributed by atoms with van der Waals surface area (Å²) >= 11 is 1.29. The van der Waals surface area contributed by atoms with E-state index in [9.17, 15) is 22.0 Å². The number of hydrogen-bond acceptors (Lipinski definition) is 6. The molecule has 1 aliphatic heterocycles. The van der Waals surface area contributed by atoms with Crippen molar-refractivity contribution in [2.24, 2.45) is 5.92 Å². The van der Waals surface area contributed by atoms with Crippen molar-refractivity contribution in [2.45, 2.75) is 63.0 Å². The van der Waals surface area contributed by atoms with Crippen LogP contribution in [0.2, 0.25) is 0 Å². The highest BCUT2D eigenvalue weighted by molar-refractivity contribution is 7.91. The molecule has 2 N–H and O–H groups in total. The number of hydrogen-bond donors (Lipinski definition) is 2. The molecule has 1 fully saturated rings. The fraction of sp³-hybridized carbons (Fsp3) is 0.500. The van der Waals surface area contributed by atoms with E-state index in [1.54, 1.807) is 28.5 Å². The first-order chi connectivity index (χ1) is 16.6. The first-order valence-electron chi connectivity index (χ1n) is 11.8. The molecule has 1 saturated carbocycles. The lowest BCUT2D eigenvalue weighted by atomic mass is 9.78. The summed E-state index contributed by atoms with van der Waals surface area (Å²) in [4.78, 5) is 19.8. The molecule has 35 heavy (non-hydrogen) atoms. The second-order valence-corrected chi connectivity index (χ2v) is 12.5. The Balaban J connectivity index is 1.49. The molecule has 1 aromatic carbocycles. The van der Waals surface area contributed by atoms with Gasteiger partial charge in [-0.1, -0.05) is 12.1 Å². The highest BCUT2D eigenvalue weighted by atomic mass is 32.2. The molecule has 0 bridgehead atoms. The number of sulfonamides is 1. The number of alkyl halides is 1. The van der Waals surface area contributed by atoms with Crippen LogP contribution < -0.4 is 10.0 Å². The number of allylic oxidation sites excluding steroid dienone is 1. The molecule has 0 spiro atoms. The molecule has 188 valence electrons. The van der Waals surface area contributed by atoms with Gasteiger partial charge in [-0.2, -0.15) is 0 Å². The lowest BCUT2D eigenvalue weighted by Gasteiger charge is -2.42. The molecule has 2 heterocycles. The van der Waals surface area contributed by atoms with Crippen LogP contribution >= 0.6 is 11.3 Å². The van der Waals surface area contributed by atoms with E-state index < -0.39 is 27.0 Å². The van der Waals surface area contributed by atoms with Crippen molar-refractivity contribution in [3.8, 4) is 10.6 Å². The Bertz CT molecular complexity index is 1290. The molecule has 5 rings (SSSR count). The average Bonchev–Trinajstić information content (AvgIpc) is 3.41. The van der Waals surface area contributed by atoms with Crippen LogP contribution in [0.4, 0.5) is 8.78 Å². The molecule has 1 aromatic heterocycles. The van der Waals surface area contributed by atoms with Gasteiger partial charge in [0.25, 0.3) is 5.91 Å².